The highest BCUT2D eigenvalue weighted by atomic mass is 32.2. The monoisotopic (exact) mass is 300 g/mol. The number of nitrogens with zero attached hydrogens (tertiary/aromatic N) is 1. The molecule has 2 heterocycles. The number of thioether (sulfide) groups is 1. The van der Waals surface area contributed by atoms with Gasteiger partial charge < -0.3 is 10.1 Å². The quantitative estimate of drug-likeness (QED) is 0.845. The summed E-state index contributed by atoms with van der Waals surface area (Å²) in [6, 6.07) is 0. The minimum Gasteiger partial charge on any atom is -0.461 e. The summed E-state index contributed by atoms with van der Waals surface area (Å²) in [6.45, 7) is 7.27. The molecule has 1 N–H and O–H groups in total. The van der Waals surface area contributed by atoms with Crippen molar-refractivity contribution in [2.75, 3.05) is 24.2 Å². The molecule has 2 rings (SSSR count). The van der Waals surface area contributed by atoms with Crippen LogP contribution in [-0.4, -0.2) is 34.6 Å². The van der Waals surface area contributed by atoms with E-state index in [9.17, 15) is 4.79 Å². The van der Waals surface area contributed by atoms with Crippen LogP contribution in [0.15, 0.2) is 0 Å². The smallest absolute Gasteiger partial charge is 0.358 e. The number of nitrogens with one attached hydrogen (secondary N) is 1. The summed E-state index contributed by atoms with van der Waals surface area (Å²) < 4.78 is 5.29. The first-order valence-electron chi connectivity index (χ1n) is 6.56. The molecule has 106 valence electrons. The average molecular weight is 300 g/mol. The van der Waals surface area contributed by atoms with Crippen LogP contribution >= 0.6 is 23.1 Å². The fourth-order valence-electron chi connectivity index (χ4n) is 2.10. The Bertz CT molecular complexity index is 453. The minimum atomic E-state index is -0.328. The van der Waals surface area contributed by atoms with Gasteiger partial charge >= 0.3 is 5.97 Å². The fraction of sp³-hybridized carbons (Fsp3) is 0.692. The van der Waals surface area contributed by atoms with Crippen LogP contribution in [-0.2, 0) is 4.74 Å². The number of esters is 1. The number of anilines is 1. The van der Waals surface area contributed by atoms with Gasteiger partial charge in [-0.1, -0.05) is 0 Å². The van der Waals surface area contributed by atoms with E-state index in [1.807, 2.05) is 18.7 Å². The van der Waals surface area contributed by atoms with Gasteiger partial charge in [-0.25, -0.2) is 9.78 Å². The molecular formula is C13H20N2O2S2. The van der Waals surface area contributed by atoms with Gasteiger partial charge in [0.15, 0.2) is 10.8 Å². The Kier molecular flexibility index (Phi) is 4.73. The topological polar surface area (TPSA) is 51.2 Å². The van der Waals surface area contributed by atoms with Crippen LogP contribution in [0.1, 0.15) is 42.1 Å². The summed E-state index contributed by atoms with van der Waals surface area (Å²) in [6.07, 6.45) is 2.52. The Balaban J connectivity index is 1.98. The molecule has 0 radical (unpaired) electrons. The molecule has 0 spiro atoms. The number of hydrogen-bond donors (Lipinski definition) is 1. The first-order valence-corrected chi connectivity index (χ1v) is 8.37. The molecule has 0 amide bonds. The first kappa shape index (κ1) is 14.7. The molecule has 0 saturated carbocycles. The molecule has 0 bridgehead atoms. The van der Waals surface area contributed by atoms with Gasteiger partial charge in [-0.2, -0.15) is 11.8 Å². The lowest BCUT2D eigenvalue weighted by molar-refractivity contribution is 0.0519. The number of rotatable bonds is 5. The van der Waals surface area contributed by atoms with Gasteiger partial charge in [0, 0.05) is 16.2 Å². The molecule has 1 unspecified atom stereocenters. The van der Waals surface area contributed by atoms with Crippen LogP contribution < -0.4 is 5.32 Å². The molecule has 4 nitrogen and oxygen atoms in total. The molecule has 0 aliphatic carbocycles. The van der Waals surface area contributed by atoms with Crippen molar-refractivity contribution >= 4 is 34.2 Å². The number of aryl methyl sites for hydroxylation is 1. The summed E-state index contributed by atoms with van der Waals surface area (Å²) in [7, 11) is 0. The second kappa shape index (κ2) is 6.13. The van der Waals surface area contributed by atoms with Gasteiger partial charge in [-0.15, -0.1) is 11.3 Å². The number of carbonyl (C=O) groups is 1. The van der Waals surface area contributed by atoms with Gasteiger partial charge in [0.25, 0.3) is 0 Å². The van der Waals surface area contributed by atoms with E-state index < -0.39 is 0 Å². The zero-order chi connectivity index (χ0) is 13.9. The molecule has 19 heavy (non-hydrogen) atoms. The zero-order valence-corrected chi connectivity index (χ0v) is 13.2. The summed E-state index contributed by atoms with van der Waals surface area (Å²) in [4.78, 5) is 16.9. The summed E-state index contributed by atoms with van der Waals surface area (Å²) in [5.74, 6) is 0.911. The van der Waals surface area contributed by atoms with Gasteiger partial charge in [0.05, 0.1) is 6.61 Å². The van der Waals surface area contributed by atoms with Gasteiger partial charge in [-0.3, -0.25) is 0 Å². The van der Waals surface area contributed by atoms with Crippen LogP contribution in [0.5, 0.6) is 0 Å². The lowest BCUT2D eigenvalue weighted by atomic mass is 10.1. The number of carbonyl (C=O) groups excluding carboxylic acids is 1. The Morgan fingerprint density at radius 3 is 3.00 bits per heavy atom. The van der Waals surface area contributed by atoms with E-state index in [1.54, 1.807) is 6.92 Å². The van der Waals surface area contributed by atoms with Crippen molar-refractivity contribution in [2.45, 2.75) is 38.4 Å². The van der Waals surface area contributed by atoms with Crippen LogP contribution in [0.4, 0.5) is 5.13 Å². The first-order chi connectivity index (χ1) is 9.04. The van der Waals surface area contributed by atoms with Crippen LogP contribution in [0, 0.1) is 6.92 Å². The SMILES string of the molecule is CCOC(=O)c1nc(NCC2(C)CCCS2)sc1C. The lowest BCUT2D eigenvalue weighted by Crippen LogP contribution is -2.27. The predicted octanol–water partition coefficient (Wildman–Crippen LogP) is 3.33. The molecule has 1 saturated heterocycles. The highest BCUT2D eigenvalue weighted by Gasteiger charge is 2.29. The highest BCUT2D eigenvalue weighted by molar-refractivity contribution is 8.00. The third-order valence-corrected chi connectivity index (χ3v) is 5.65. The third-order valence-electron chi connectivity index (χ3n) is 3.18. The van der Waals surface area contributed by atoms with Crippen LogP contribution in [0.25, 0.3) is 0 Å². The second-order valence-corrected chi connectivity index (χ2v) is 7.79. The molecule has 0 aromatic carbocycles. The Hall–Kier alpha value is -0.750. The molecule has 6 heteroatoms. The molecular weight excluding hydrogens is 280 g/mol. The van der Waals surface area contributed by atoms with Crippen molar-refractivity contribution in [3.05, 3.63) is 10.6 Å². The van der Waals surface area contributed by atoms with E-state index in [0.717, 1.165) is 16.6 Å². The Morgan fingerprint density at radius 2 is 2.37 bits per heavy atom. The van der Waals surface area contributed by atoms with E-state index in [0.29, 0.717) is 17.0 Å². The molecule has 1 aromatic heterocycles. The fourth-order valence-corrected chi connectivity index (χ4v) is 4.14. The van der Waals surface area contributed by atoms with E-state index in [2.05, 4.69) is 17.2 Å². The summed E-state index contributed by atoms with van der Waals surface area (Å²) in [5, 5.41) is 4.18. The largest absolute Gasteiger partial charge is 0.461 e. The molecule has 1 atom stereocenters. The number of hydrogen-bond acceptors (Lipinski definition) is 6. The molecule has 1 aromatic rings. The van der Waals surface area contributed by atoms with Crippen LogP contribution in [0.2, 0.25) is 0 Å². The Morgan fingerprint density at radius 1 is 1.58 bits per heavy atom. The van der Waals surface area contributed by atoms with E-state index >= 15 is 0 Å². The third kappa shape index (κ3) is 3.63. The minimum absolute atomic E-state index is 0.295. The second-order valence-electron chi connectivity index (χ2n) is 4.90. The highest BCUT2D eigenvalue weighted by Crippen LogP contribution is 2.38. The predicted molar refractivity (Wildman–Crippen MR) is 81.4 cm³/mol. The average Bonchev–Trinajstić information content (AvgIpc) is 2.94. The van der Waals surface area contributed by atoms with Crippen molar-refractivity contribution < 1.29 is 9.53 Å². The maximum absolute atomic E-state index is 11.7. The van der Waals surface area contributed by atoms with E-state index in [4.69, 9.17) is 4.74 Å². The number of ether oxygens (including phenoxy) is 1. The van der Waals surface area contributed by atoms with E-state index in [-0.39, 0.29) is 5.97 Å². The van der Waals surface area contributed by atoms with Crippen molar-refractivity contribution in [3.8, 4) is 0 Å². The Labute approximate surface area is 122 Å². The molecule has 1 aliphatic heterocycles. The van der Waals surface area contributed by atoms with Gasteiger partial charge in [-0.05, 0) is 39.4 Å². The summed E-state index contributed by atoms with van der Waals surface area (Å²) >= 11 is 3.53. The van der Waals surface area contributed by atoms with Crippen LogP contribution in [0.3, 0.4) is 0 Å². The van der Waals surface area contributed by atoms with Crippen molar-refractivity contribution in [1.82, 2.24) is 4.98 Å². The maximum atomic E-state index is 11.7. The van der Waals surface area contributed by atoms with Gasteiger partial charge in [0.2, 0.25) is 0 Å². The van der Waals surface area contributed by atoms with E-state index in [1.165, 1.54) is 29.9 Å². The number of aromatic nitrogens is 1. The normalized spacial score (nSPS) is 22.5. The number of thiazole rings is 1. The van der Waals surface area contributed by atoms with Crippen molar-refractivity contribution in [3.63, 3.8) is 0 Å². The van der Waals surface area contributed by atoms with Gasteiger partial charge in [0.1, 0.15) is 0 Å². The van der Waals surface area contributed by atoms with Crippen molar-refractivity contribution in [2.24, 2.45) is 0 Å². The molecule has 1 aliphatic rings. The standard InChI is InChI=1S/C13H20N2O2S2/c1-4-17-11(16)10-9(2)19-12(15-10)14-8-13(3)6-5-7-18-13/h4-8H2,1-3H3,(H,14,15). The molecule has 1 fully saturated rings. The summed E-state index contributed by atoms with van der Waals surface area (Å²) in [5.41, 5.74) is 0.443. The zero-order valence-electron chi connectivity index (χ0n) is 11.6. The maximum Gasteiger partial charge on any atom is 0.358 e. The van der Waals surface area contributed by atoms with Crippen molar-refractivity contribution in [1.29, 1.82) is 0 Å². The lowest BCUT2D eigenvalue weighted by Gasteiger charge is -2.22.